The summed E-state index contributed by atoms with van der Waals surface area (Å²) in [6.07, 6.45) is 0. The molecule has 0 spiro atoms. The predicted octanol–water partition coefficient (Wildman–Crippen LogP) is 0.0912. The number of nitro benzene ring substituents is 1. The lowest BCUT2D eigenvalue weighted by atomic mass is 9.88. The van der Waals surface area contributed by atoms with Gasteiger partial charge in [-0.2, -0.15) is 0 Å². The molecule has 6 nitrogen and oxygen atoms in total. The van der Waals surface area contributed by atoms with Gasteiger partial charge in [0, 0.05) is 19.2 Å². The van der Waals surface area contributed by atoms with Crippen LogP contribution in [0.3, 0.4) is 0 Å². The van der Waals surface area contributed by atoms with Crippen molar-refractivity contribution in [1.29, 1.82) is 0 Å². The Hall–Kier alpha value is -1.66. The maximum absolute atomic E-state index is 10.4. The number of benzene rings is 1. The van der Waals surface area contributed by atoms with Crippen LogP contribution in [0.5, 0.6) is 5.75 Å². The second kappa shape index (κ2) is 3.18. The van der Waals surface area contributed by atoms with Crippen molar-refractivity contribution in [3.8, 4) is 5.75 Å². The topological polar surface area (TPSA) is 95.6 Å². The summed E-state index contributed by atoms with van der Waals surface area (Å²) in [5, 5.41) is 32.6. The number of nitrogens with zero attached hydrogens (tertiary/aromatic N) is 1. The van der Waals surface area contributed by atoms with Crippen molar-refractivity contribution in [2.75, 3.05) is 13.1 Å². The molecule has 0 radical (unpaired) electrons. The van der Waals surface area contributed by atoms with Crippen molar-refractivity contribution in [2.24, 2.45) is 0 Å². The van der Waals surface area contributed by atoms with Crippen molar-refractivity contribution < 1.29 is 15.1 Å². The van der Waals surface area contributed by atoms with E-state index in [9.17, 15) is 20.3 Å². The van der Waals surface area contributed by atoms with E-state index < -0.39 is 16.3 Å². The minimum absolute atomic E-state index is 0.352. The molecule has 1 saturated heterocycles. The Kier molecular flexibility index (Phi) is 2.09. The Morgan fingerprint density at radius 1 is 1.47 bits per heavy atom. The summed E-state index contributed by atoms with van der Waals surface area (Å²) in [5.41, 5.74) is -0.869. The maximum Gasteiger partial charge on any atom is 0.310 e. The quantitative estimate of drug-likeness (QED) is 0.475. The molecule has 1 aromatic carbocycles. The SMILES string of the molecule is O=[N+]([O-])c1ccc(C2(O)CNC2)cc1O. The molecular formula is C9H10N2O4. The minimum atomic E-state index is -1.01. The highest BCUT2D eigenvalue weighted by molar-refractivity contribution is 5.49. The Balaban J connectivity index is 2.37. The molecule has 1 heterocycles. The van der Waals surface area contributed by atoms with E-state index in [0.717, 1.165) is 0 Å². The Morgan fingerprint density at radius 2 is 2.13 bits per heavy atom. The van der Waals surface area contributed by atoms with Gasteiger partial charge in [0.1, 0.15) is 5.60 Å². The Bertz CT molecular complexity index is 415. The zero-order valence-electron chi connectivity index (χ0n) is 7.80. The van der Waals surface area contributed by atoms with Crippen molar-refractivity contribution in [1.82, 2.24) is 5.32 Å². The lowest BCUT2D eigenvalue weighted by molar-refractivity contribution is -0.385. The number of phenols is 1. The molecule has 0 saturated carbocycles. The zero-order valence-corrected chi connectivity index (χ0v) is 7.80. The molecule has 1 fully saturated rings. The lowest BCUT2D eigenvalue weighted by Crippen LogP contribution is -2.56. The largest absolute Gasteiger partial charge is 0.502 e. The number of β-amino-alcohol motifs (C(OH)–C–C–N with tert-alkyl or cyclic N) is 1. The van der Waals surface area contributed by atoms with Crippen LogP contribution in [0.1, 0.15) is 5.56 Å². The van der Waals surface area contributed by atoms with Crippen molar-refractivity contribution in [3.05, 3.63) is 33.9 Å². The summed E-state index contributed by atoms with van der Waals surface area (Å²) in [7, 11) is 0. The van der Waals surface area contributed by atoms with Crippen LogP contribution in [0.2, 0.25) is 0 Å². The molecule has 1 aliphatic heterocycles. The molecule has 6 heteroatoms. The summed E-state index contributed by atoms with van der Waals surface area (Å²) in [6, 6.07) is 3.89. The van der Waals surface area contributed by atoms with E-state index in [4.69, 9.17) is 0 Å². The standard InChI is InChI=1S/C9H10N2O4/c12-8-3-6(9(13)4-10-5-9)1-2-7(8)11(14)15/h1-3,10,12-13H,4-5H2. The molecule has 0 atom stereocenters. The Morgan fingerprint density at radius 3 is 2.53 bits per heavy atom. The summed E-state index contributed by atoms with van der Waals surface area (Å²) >= 11 is 0. The number of hydrogen-bond donors (Lipinski definition) is 3. The van der Waals surface area contributed by atoms with Gasteiger partial charge in [-0.15, -0.1) is 0 Å². The average molecular weight is 210 g/mol. The molecule has 3 N–H and O–H groups in total. The van der Waals surface area contributed by atoms with Gasteiger partial charge in [-0.3, -0.25) is 10.1 Å². The fourth-order valence-electron chi connectivity index (χ4n) is 1.53. The van der Waals surface area contributed by atoms with E-state index >= 15 is 0 Å². The first-order chi connectivity index (χ1) is 7.03. The monoisotopic (exact) mass is 210 g/mol. The molecule has 1 aromatic rings. The Labute approximate surface area is 85.3 Å². The number of hydrogen-bond acceptors (Lipinski definition) is 5. The van der Waals surface area contributed by atoms with Gasteiger partial charge in [0.2, 0.25) is 0 Å². The second-order valence-electron chi connectivity index (χ2n) is 3.60. The van der Waals surface area contributed by atoms with Crippen LogP contribution in [0.15, 0.2) is 18.2 Å². The number of phenolic OH excluding ortho intramolecular Hbond substituents is 1. The fraction of sp³-hybridized carbons (Fsp3) is 0.333. The first kappa shape index (κ1) is 9.88. The smallest absolute Gasteiger partial charge is 0.310 e. The predicted molar refractivity (Wildman–Crippen MR) is 51.5 cm³/mol. The van der Waals surface area contributed by atoms with Gasteiger partial charge in [-0.1, -0.05) is 0 Å². The molecule has 0 amide bonds. The lowest BCUT2D eigenvalue weighted by Gasteiger charge is -2.37. The van der Waals surface area contributed by atoms with Crippen molar-refractivity contribution >= 4 is 5.69 Å². The highest BCUT2D eigenvalue weighted by Gasteiger charge is 2.37. The van der Waals surface area contributed by atoms with Crippen LogP contribution >= 0.6 is 0 Å². The molecule has 1 aliphatic rings. The number of nitrogens with one attached hydrogen (secondary N) is 1. The number of aromatic hydroxyl groups is 1. The third kappa shape index (κ3) is 1.53. The number of nitro groups is 1. The van der Waals surface area contributed by atoms with Crippen LogP contribution in [-0.4, -0.2) is 28.2 Å². The molecule has 15 heavy (non-hydrogen) atoms. The summed E-state index contributed by atoms with van der Waals surface area (Å²) < 4.78 is 0. The van der Waals surface area contributed by atoms with E-state index in [0.29, 0.717) is 18.7 Å². The van der Waals surface area contributed by atoms with Gasteiger partial charge in [0.15, 0.2) is 5.75 Å². The fourth-order valence-corrected chi connectivity index (χ4v) is 1.53. The summed E-state index contributed by atoms with van der Waals surface area (Å²) in [4.78, 5) is 9.77. The van der Waals surface area contributed by atoms with Crippen LogP contribution in [-0.2, 0) is 5.60 Å². The van der Waals surface area contributed by atoms with Gasteiger partial charge in [-0.05, 0) is 17.7 Å². The van der Waals surface area contributed by atoms with Gasteiger partial charge >= 0.3 is 5.69 Å². The normalized spacial score (nSPS) is 18.2. The highest BCUT2D eigenvalue weighted by atomic mass is 16.6. The van der Waals surface area contributed by atoms with Crippen molar-refractivity contribution in [2.45, 2.75) is 5.60 Å². The summed E-state index contributed by atoms with van der Waals surface area (Å²) in [6.45, 7) is 0.786. The first-order valence-electron chi connectivity index (χ1n) is 4.44. The first-order valence-corrected chi connectivity index (χ1v) is 4.44. The van der Waals surface area contributed by atoms with Crippen LogP contribution in [0, 0.1) is 10.1 Å². The molecule has 0 aliphatic carbocycles. The second-order valence-corrected chi connectivity index (χ2v) is 3.60. The minimum Gasteiger partial charge on any atom is -0.502 e. The van der Waals surface area contributed by atoms with E-state index in [1.165, 1.54) is 18.2 Å². The molecule has 2 rings (SSSR count). The van der Waals surface area contributed by atoms with E-state index in [2.05, 4.69) is 5.32 Å². The molecule has 0 aromatic heterocycles. The zero-order chi connectivity index (χ0) is 11.1. The van der Waals surface area contributed by atoms with E-state index in [-0.39, 0.29) is 5.69 Å². The van der Waals surface area contributed by atoms with Crippen LogP contribution in [0.4, 0.5) is 5.69 Å². The highest BCUT2D eigenvalue weighted by Crippen LogP contribution is 2.32. The summed E-state index contributed by atoms with van der Waals surface area (Å²) in [5.74, 6) is -0.419. The van der Waals surface area contributed by atoms with Gasteiger partial charge in [-0.25, -0.2) is 0 Å². The van der Waals surface area contributed by atoms with Gasteiger partial charge in [0.25, 0.3) is 0 Å². The van der Waals surface area contributed by atoms with Crippen LogP contribution < -0.4 is 5.32 Å². The maximum atomic E-state index is 10.4. The van der Waals surface area contributed by atoms with E-state index in [1.807, 2.05) is 0 Å². The average Bonchev–Trinajstić information content (AvgIpc) is 2.13. The number of rotatable bonds is 2. The molecule has 0 unspecified atom stereocenters. The van der Waals surface area contributed by atoms with E-state index in [1.54, 1.807) is 0 Å². The third-order valence-corrected chi connectivity index (χ3v) is 2.54. The van der Waals surface area contributed by atoms with Gasteiger partial charge in [0.05, 0.1) is 4.92 Å². The van der Waals surface area contributed by atoms with Crippen molar-refractivity contribution in [3.63, 3.8) is 0 Å². The third-order valence-electron chi connectivity index (χ3n) is 2.54. The van der Waals surface area contributed by atoms with Gasteiger partial charge < -0.3 is 15.5 Å². The number of aliphatic hydroxyl groups is 1. The molecular weight excluding hydrogens is 200 g/mol. The molecule has 80 valence electrons. The molecule has 0 bridgehead atoms. The van der Waals surface area contributed by atoms with Crippen LogP contribution in [0.25, 0.3) is 0 Å².